The number of tetrazole rings is 1. The minimum absolute atomic E-state index is 0.0500. The number of aromatic nitrogens is 4. The zero-order chi connectivity index (χ0) is 16.4. The highest BCUT2D eigenvalue weighted by Crippen LogP contribution is 2.18. The number of nitro benzene ring substituents is 1. The van der Waals surface area contributed by atoms with Crippen molar-refractivity contribution in [1.29, 1.82) is 0 Å². The van der Waals surface area contributed by atoms with Crippen LogP contribution in [-0.2, 0) is 6.54 Å². The summed E-state index contributed by atoms with van der Waals surface area (Å²) in [7, 11) is 0. The predicted octanol–water partition coefficient (Wildman–Crippen LogP) is 1.69. The fourth-order valence-electron chi connectivity index (χ4n) is 2.30. The van der Waals surface area contributed by atoms with E-state index < -0.39 is 4.92 Å². The third-order valence-electron chi connectivity index (χ3n) is 3.43. The molecule has 0 aliphatic carbocycles. The molecule has 1 aromatic heterocycles. The van der Waals surface area contributed by atoms with Gasteiger partial charge in [0, 0.05) is 11.6 Å². The van der Waals surface area contributed by atoms with Gasteiger partial charge in [0.25, 0.3) is 5.69 Å². The Morgan fingerprint density at radius 3 is 2.52 bits per heavy atom. The molecule has 1 heterocycles. The van der Waals surface area contributed by atoms with Gasteiger partial charge >= 0.3 is 5.69 Å². The second kappa shape index (κ2) is 5.84. The van der Waals surface area contributed by atoms with E-state index in [1.165, 1.54) is 15.4 Å². The molecule has 0 aliphatic rings. The fraction of sp³-hybridized carbons (Fsp3) is 0.133. The number of hydrogen-bond acceptors (Lipinski definition) is 5. The van der Waals surface area contributed by atoms with E-state index in [2.05, 4.69) is 10.4 Å². The summed E-state index contributed by atoms with van der Waals surface area (Å²) >= 11 is 0. The minimum Gasteiger partial charge on any atom is -0.258 e. The van der Waals surface area contributed by atoms with Gasteiger partial charge in [0.05, 0.1) is 17.2 Å². The molecule has 0 saturated heterocycles. The standard InChI is InChI=1S/C15H13N5O3/c1-11-9-12(7-8-14(11)20(22)23)10-18-15(21)19(17-16-18)13-5-3-2-4-6-13/h2-9H,10H2,1H3. The first kappa shape index (κ1) is 14.6. The first-order chi connectivity index (χ1) is 11.1. The van der Waals surface area contributed by atoms with Crippen molar-refractivity contribution >= 4 is 5.69 Å². The molecular weight excluding hydrogens is 298 g/mol. The maximum absolute atomic E-state index is 12.3. The molecule has 8 heteroatoms. The zero-order valence-electron chi connectivity index (χ0n) is 12.3. The Morgan fingerprint density at radius 2 is 1.87 bits per heavy atom. The normalized spacial score (nSPS) is 10.7. The van der Waals surface area contributed by atoms with E-state index in [4.69, 9.17) is 0 Å². The molecule has 0 N–H and O–H groups in total. The van der Waals surface area contributed by atoms with Gasteiger partial charge in [-0.2, -0.15) is 9.36 Å². The summed E-state index contributed by atoms with van der Waals surface area (Å²) in [6, 6.07) is 13.7. The highest BCUT2D eigenvalue weighted by molar-refractivity contribution is 5.41. The Morgan fingerprint density at radius 1 is 1.13 bits per heavy atom. The van der Waals surface area contributed by atoms with Crippen LogP contribution in [0.4, 0.5) is 5.69 Å². The molecule has 0 saturated carbocycles. The van der Waals surface area contributed by atoms with Crippen molar-refractivity contribution in [1.82, 2.24) is 19.8 Å². The quantitative estimate of drug-likeness (QED) is 0.539. The van der Waals surface area contributed by atoms with Crippen LogP contribution in [0.1, 0.15) is 11.1 Å². The fourth-order valence-corrected chi connectivity index (χ4v) is 2.30. The molecule has 8 nitrogen and oxygen atoms in total. The van der Waals surface area contributed by atoms with Crippen molar-refractivity contribution in [3.05, 3.63) is 80.3 Å². The number of rotatable bonds is 4. The molecule has 2 aromatic carbocycles. The second-order valence-corrected chi connectivity index (χ2v) is 5.04. The van der Waals surface area contributed by atoms with Crippen molar-refractivity contribution < 1.29 is 4.92 Å². The highest BCUT2D eigenvalue weighted by Gasteiger charge is 2.13. The molecular formula is C15H13N5O3. The van der Waals surface area contributed by atoms with Gasteiger partial charge in [0.15, 0.2) is 0 Å². The van der Waals surface area contributed by atoms with Crippen LogP contribution in [0, 0.1) is 17.0 Å². The Bertz CT molecular complexity index is 914. The van der Waals surface area contributed by atoms with Crippen LogP contribution in [0.2, 0.25) is 0 Å². The number of nitrogens with zero attached hydrogens (tertiary/aromatic N) is 5. The molecule has 0 radical (unpaired) electrons. The first-order valence-electron chi connectivity index (χ1n) is 6.88. The minimum atomic E-state index is -0.434. The van der Waals surface area contributed by atoms with Crippen LogP contribution in [-0.4, -0.2) is 24.7 Å². The maximum atomic E-state index is 12.3. The number of para-hydroxylation sites is 1. The Kier molecular flexibility index (Phi) is 3.71. The number of benzene rings is 2. The van der Waals surface area contributed by atoms with Crippen LogP contribution >= 0.6 is 0 Å². The van der Waals surface area contributed by atoms with Crippen LogP contribution < -0.4 is 5.69 Å². The number of hydrogen-bond donors (Lipinski definition) is 0. The van der Waals surface area contributed by atoms with E-state index in [9.17, 15) is 14.9 Å². The van der Waals surface area contributed by atoms with E-state index in [0.29, 0.717) is 11.3 Å². The lowest BCUT2D eigenvalue weighted by Gasteiger charge is -2.02. The summed E-state index contributed by atoms with van der Waals surface area (Å²) < 4.78 is 2.42. The number of nitro groups is 1. The smallest absolute Gasteiger partial charge is 0.258 e. The summed E-state index contributed by atoms with van der Waals surface area (Å²) in [5.41, 5.74) is 1.59. The second-order valence-electron chi connectivity index (χ2n) is 5.04. The zero-order valence-corrected chi connectivity index (χ0v) is 12.3. The lowest BCUT2D eigenvalue weighted by Crippen LogP contribution is -2.24. The maximum Gasteiger partial charge on any atom is 0.368 e. The molecule has 0 spiro atoms. The Labute approximate surface area is 130 Å². The highest BCUT2D eigenvalue weighted by atomic mass is 16.6. The monoisotopic (exact) mass is 311 g/mol. The SMILES string of the molecule is Cc1cc(Cn2nnn(-c3ccccc3)c2=O)ccc1[N+](=O)[O-]. The van der Waals surface area contributed by atoms with E-state index in [1.54, 1.807) is 43.3 Å². The summed E-state index contributed by atoms with van der Waals surface area (Å²) in [5.74, 6) is 0. The summed E-state index contributed by atoms with van der Waals surface area (Å²) in [6.07, 6.45) is 0. The number of aryl methyl sites for hydroxylation is 1. The molecule has 0 unspecified atom stereocenters. The van der Waals surface area contributed by atoms with E-state index in [0.717, 1.165) is 5.56 Å². The molecule has 23 heavy (non-hydrogen) atoms. The van der Waals surface area contributed by atoms with Crippen molar-refractivity contribution in [3.63, 3.8) is 0 Å². The Hall–Kier alpha value is -3.29. The van der Waals surface area contributed by atoms with Gasteiger partial charge in [0.1, 0.15) is 0 Å². The van der Waals surface area contributed by atoms with Crippen LogP contribution in [0.25, 0.3) is 5.69 Å². The molecule has 0 aliphatic heterocycles. The summed E-state index contributed by atoms with van der Waals surface area (Å²) in [5, 5.41) is 18.5. The lowest BCUT2D eigenvalue weighted by atomic mass is 10.1. The summed E-state index contributed by atoms with van der Waals surface area (Å²) in [4.78, 5) is 22.7. The third-order valence-corrected chi connectivity index (χ3v) is 3.43. The van der Waals surface area contributed by atoms with Gasteiger partial charge in [0.2, 0.25) is 0 Å². The van der Waals surface area contributed by atoms with Gasteiger partial charge in [-0.05, 0) is 41.1 Å². The van der Waals surface area contributed by atoms with Crippen molar-refractivity contribution in [2.24, 2.45) is 0 Å². The Balaban J connectivity index is 1.90. The van der Waals surface area contributed by atoms with Gasteiger partial charge in [-0.3, -0.25) is 10.1 Å². The first-order valence-corrected chi connectivity index (χ1v) is 6.88. The molecule has 0 fully saturated rings. The van der Waals surface area contributed by atoms with E-state index in [1.807, 2.05) is 6.07 Å². The van der Waals surface area contributed by atoms with Crippen LogP contribution in [0.3, 0.4) is 0 Å². The average Bonchev–Trinajstić information content (AvgIpc) is 2.89. The molecule has 0 bridgehead atoms. The van der Waals surface area contributed by atoms with Gasteiger partial charge < -0.3 is 0 Å². The predicted molar refractivity (Wildman–Crippen MR) is 82.6 cm³/mol. The molecule has 3 rings (SSSR count). The van der Waals surface area contributed by atoms with Crippen LogP contribution in [0.15, 0.2) is 53.3 Å². The average molecular weight is 311 g/mol. The summed E-state index contributed by atoms with van der Waals surface area (Å²) in [6.45, 7) is 1.86. The lowest BCUT2D eigenvalue weighted by molar-refractivity contribution is -0.385. The van der Waals surface area contributed by atoms with Crippen molar-refractivity contribution in [2.45, 2.75) is 13.5 Å². The van der Waals surface area contributed by atoms with Gasteiger partial charge in [-0.1, -0.05) is 24.3 Å². The molecule has 0 amide bonds. The van der Waals surface area contributed by atoms with Crippen molar-refractivity contribution in [3.8, 4) is 5.69 Å². The molecule has 3 aromatic rings. The molecule has 0 atom stereocenters. The van der Waals surface area contributed by atoms with Crippen LogP contribution in [0.5, 0.6) is 0 Å². The third kappa shape index (κ3) is 2.86. The van der Waals surface area contributed by atoms with Gasteiger partial charge in [-0.25, -0.2) is 4.79 Å². The van der Waals surface area contributed by atoms with E-state index in [-0.39, 0.29) is 17.9 Å². The van der Waals surface area contributed by atoms with Gasteiger partial charge in [-0.15, -0.1) is 0 Å². The van der Waals surface area contributed by atoms with E-state index >= 15 is 0 Å². The van der Waals surface area contributed by atoms with Crippen molar-refractivity contribution in [2.75, 3.05) is 0 Å². The largest absolute Gasteiger partial charge is 0.368 e. The molecule has 116 valence electrons. The topological polar surface area (TPSA) is 95.8 Å².